The van der Waals surface area contributed by atoms with Crippen molar-refractivity contribution in [1.82, 2.24) is 15.2 Å². The molecule has 128 valence electrons. The van der Waals surface area contributed by atoms with Gasteiger partial charge in [-0.15, -0.1) is 11.3 Å². The molecule has 1 aliphatic carbocycles. The second-order valence-electron chi connectivity index (χ2n) is 6.07. The molecule has 0 spiro atoms. The molecule has 2 unspecified atom stereocenters. The minimum Gasteiger partial charge on any atom is -0.396 e. The number of fused-ring (bicyclic) bond motifs is 1. The number of rotatable bonds is 6. The van der Waals surface area contributed by atoms with Crippen LogP contribution in [0.25, 0.3) is 0 Å². The lowest BCUT2D eigenvalue weighted by Gasteiger charge is -2.31. The lowest BCUT2D eigenvalue weighted by molar-refractivity contribution is 0.162. The number of aliphatic hydroxyl groups is 1. The third-order valence-electron chi connectivity index (χ3n) is 4.46. The molecule has 1 aliphatic rings. The monoisotopic (exact) mass is 345 g/mol. The maximum absolute atomic E-state index is 12.9. The van der Waals surface area contributed by atoms with Crippen LogP contribution in [-0.2, 0) is 6.42 Å². The lowest BCUT2D eigenvalue weighted by atomic mass is 10.1. The van der Waals surface area contributed by atoms with Crippen molar-refractivity contribution in [3.05, 3.63) is 52.0 Å². The van der Waals surface area contributed by atoms with Gasteiger partial charge in [-0.3, -0.25) is 0 Å². The number of hydrogen-bond acceptors (Lipinski definition) is 4. The summed E-state index contributed by atoms with van der Waals surface area (Å²) in [7, 11) is 0. The standard InChI is InChI=1S/C18H23N3O2S/c1-13(17-19-9-12-24-17)20-18(23)21(10-4-11-22)16-8-7-14-5-2-3-6-15(14)16/h2-3,5-6,9,12-13,16,22H,4,7-8,10-11H2,1H3,(H,20,23). The zero-order valence-corrected chi connectivity index (χ0v) is 14.6. The Kier molecular flexibility index (Phi) is 5.48. The van der Waals surface area contributed by atoms with Gasteiger partial charge in [0.15, 0.2) is 0 Å². The SMILES string of the molecule is CC(NC(=O)N(CCCO)C1CCc2ccccc21)c1nccs1. The van der Waals surface area contributed by atoms with E-state index in [2.05, 4.69) is 22.4 Å². The van der Waals surface area contributed by atoms with Crippen molar-refractivity contribution < 1.29 is 9.90 Å². The lowest BCUT2D eigenvalue weighted by Crippen LogP contribution is -2.43. The number of nitrogens with one attached hydrogen (secondary N) is 1. The molecule has 2 N–H and O–H groups in total. The minimum atomic E-state index is -0.120. The molecule has 0 saturated heterocycles. The Hall–Kier alpha value is -1.92. The molecule has 24 heavy (non-hydrogen) atoms. The van der Waals surface area contributed by atoms with Gasteiger partial charge in [-0.25, -0.2) is 9.78 Å². The summed E-state index contributed by atoms with van der Waals surface area (Å²) in [6.07, 6.45) is 4.26. The van der Waals surface area contributed by atoms with Crippen LogP contribution in [-0.4, -0.2) is 34.2 Å². The van der Waals surface area contributed by atoms with E-state index in [9.17, 15) is 9.90 Å². The third-order valence-corrected chi connectivity index (χ3v) is 5.42. The quantitative estimate of drug-likeness (QED) is 0.844. The van der Waals surface area contributed by atoms with E-state index in [-0.39, 0.29) is 24.7 Å². The van der Waals surface area contributed by atoms with Crippen molar-refractivity contribution in [2.24, 2.45) is 0 Å². The summed E-state index contributed by atoms with van der Waals surface area (Å²) in [6, 6.07) is 8.18. The molecular formula is C18H23N3O2S. The highest BCUT2D eigenvalue weighted by molar-refractivity contribution is 7.09. The second kappa shape index (κ2) is 7.77. The van der Waals surface area contributed by atoms with E-state index in [0.29, 0.717) is 13.0 Å². The number of aromatic nitrogens is 1. The Labute approximate surface area is 146 Å². The summed E-state index contributed by atoms with van der Waals surface area (Å²) < 4.78 is 0. The van der Waals surface area contributed by atoms with E-state index in [4.69, 9.17) is 0 Å². The molecule has 5 nitrogen and oxygen atoms in total. The van der Waals surface area contributed by atoms with Crippen LogP contribution in [0.4, 0.5) is 4.79 Å². The van der Waals surface area contributed by atoms with Crippen LogP contribution in [0.5, 0.6) is 0 Å². The van der Waals surface area contributed by atoms with Crippen LogP contribution in [0, 0.1) is 0 Å². The van der Waals surface area contributed by atoms with Gasteiger partial charge in [-0.05, 0) is 37.3 Å². The maximum atomic E-state index is 12.9. The largest absolute Gasteiger partial charge is 0.396 e. The number of carbonyl (C=O) groups excluding carboxylic acids is 1. The van der Waals surface area contributed by atoms with Crippen LogP contribution in [0.15, 0.2) is 35.8 Å². The topological polar surface area (TPSA) is 65.5 Å². The van der Waals surface area contributed by atoms with Crippen molar-refractivity contribution in [1.29, 1.82) is 0 Å². The Bertz CT molecular complexity index is 675. The van der Waals surface area contributed by atoms with Gasteiger partial charge >= 0.3 is 6.03 Å². The highest BCUT2D eigenvalue weighted by atomic mass is 32.1. The molecule has 0 fully saturated rings. The summed E-state index contributed by atoms with van der Waals surface area (Å²) in [5.74, 6) is 0. The van der Waals surface area contributed by atoms with E-state index in [0.717, 1.165) is 17.8 Å². The molecule has 6 heteroatoms. The Balaban J connectivity index is 1.75. The molecule has 0 aliphatic heterocycles. The molecule has 3 rings (SSSR count). The summed E-state index contributed by atoms with van der Waals surface area (Å²) in [5.41, 5.74) is 2.55. The number of amides is 2. The van der Waals surface area contributed by atoms with Gasteiger partial charge in [0.2, 0.25) is 0 Å². The normalized spacial score (nSPS) is 17.3. The first-order chi connectivity index (χ1) is 11.7. The van der Waals surface area contributed by atoms with Gasteiger partial charge in [0.1, 0.15) is 5.01 Å². The van der Waals surface area contributed by atoms with Crippen LogP contribution < -0.4 is 5.32 Å². The number of carbonyl (C=O) groups is 1. The zero-order valence-electron chi connectivity index (χ0n) is 13.8. The van der Waals surface area contributed by atoms with Crippen molar-refractivity contribution in [2.75, 3.05) is 13.2 Å². The van der Waals surface area contributed by atoms with E-state index in [1.54, 1.807) is 6.20 Å². The molecule has 0 bridgehead atoms. The molecule has 0 saturated carbocycles. The first kappa shape index (κ1) is 16.9. The fraction of sp³-hybridized carbons (Fsp3) is 0.444. The van der Waals surface area contributed by atoms with Gasteiger partial charge in [-0.1, -0.05) is 24.3 Å². The Morgan fingerprint density at radius 3 is 3.08 bits per heavy atom. The minimum absolute atomic E-state index is 0.0799. The van der Waals surface area contributed by atoms with Gasteiger partial charge in [0.25, 0.3) is 0 Å². The fourth-order valence-electron chi connectivity index (χ4n) is 3.28. The van der Waals surface area contributed by atoms with Gasteiger partial charge in [-0.2, -0.15) is 0 Å². The van der Waals surface area contributed by atoms with E-state index in [1.165, 1.54) is 22.5 Å². The molecule has 0 radical (unpaired) electrons. The van der Waals surface area contributed by atoms with Crippen LogP contribution in [0.3, 0.4) is 0 Å². The number of hydrogen-bond donors (Lipinski definition) is 2. The molecule has 1 heterocycles. The summed E-state index contributed by atoms with van der Waals surface area (Å²) in [4.78, 5) is 19.0. The van der Waals surface area contributed by atoms with Crippen molar-refractivity contribution in [3.8, 4) is 0 Å². The third kappa shape index (κ3) is 3.60. The average molecular weight is 345 g/mol. The van der Waals surface area contributed by atoms with Crippen LogP contribution in [0.1, 0.15) is 48.0 Å². The van der Waals surface area contributed by atoms with E-state index >= 15 is 0 Å². The fourth-order valence-corrected chi connectivity index (χ4v) is 3.92. The Morgan fingerprint density at radius 1 is 1.50 bits per heavy atom. The number of thiazole rings is 1. The number of aliphatic hydroxyl groups excluding tert-OH is 1. The maximum Gasteiger partial charge on any atom is 0.318 e. The summed E-state index contributed by atoms with van der Waals surface area (Å²) >= 11 is 1.54. The Morgan fingerprint density at radius 2 is 2.33 bits per heavy atom. The van der Waals surface area contributed by atoms with Gasteiger partial charge in [0.05, 0.1) is 12.1 Å². The number of aryl methyl sites for hydroxylation is 1. The van der Waals surface area contributed by atoms with E-state index in [1.807, 2.05) is 29.3 Å². The molecular weight excluding hydrogens is 322 g/mol. The molecule has 1 aromatic heterocycles. The van der Waals surface area contributed by atoms with Crippen molar-refractivity contribution in [3.63, 3.8) is 0 Å². The van der Waals surface area contributed by atoms with Gasteiger partial charge < -0.3 is 15.3 Å². The van der Waals surface area contributed by atoms with Crippen molar-refractivity contribution in [2.45, 2.75) is 38.3 Å². The molecule has 2 atom stereocenters. The molecule has 2 amide bonds. The summed E-state index contributed by atoms with van der Waals surface area (Å²) in [6.45, 7) is 2.58. The van der Waals surface area contributed by atoms with Crippen LogP contribution >= 0.6 is 11.3 Å². The van der Waals surface area contributed by atoms with Gasteiger partial charge in [0, 0.05) is 24.7 Å². The zero-order chi connectivity index (χ0) is 16.9. The second-order valence-corrected chi connectivity index (χ2v) is 6.99. The predicted octanol–water partition coefficient (Wildman–Crippen LogP) is 3.29. The average Bonchev–Trinajstić information content (AvgIpc) is 3.25. The number of urea groups is 1. The summed E-state index contributed by atoms with van der Waals surface area (Å²) in [5, 5.41) is 15.1. The van der Waals surface area contributed by atoms with E-state index < -0.39 is 0 Å². The smallest absolute Gasteiger partial charge is 0.318 e. The van der Waals surface area contributed by atoms with Crippen LogP contribution in [0.2, 0.25) is 0 Å². The molecule has 1 aromatic carbocycles. The molecule has 2 aromatic rings. The highest BCUT2D eigenvalue weighted by Crippen LogP contribution is 2.35. The highest BCUT2D eigenvalue weighted by Gasteiger charge is 2.31. The van der Waals surface area contributed by atoms with Crippen molar-refractivity contribution >= 4 is 17.4 Å². The number of nitrogens with zero attached hydrogens (tertiary/aromatic N) is 2. The number of benzene rings is 1. The first-order valence-corrected chi connectivity index (χ1v) is 9.24. The first-order valence-electron chi connectivity index (χ1n) is 8.36. The predicted molar refractivity (Wildman–Crippen MR) is 95.0 cm³/mol.